The van der Waals surface area contributed by atoms with Crippen LogP contribution in [0, 0.1) is 12.3 Å². The fourth-order valence-electron chi connectivity index (χ4n) is 0.663. The van der Waals surface area contributed by atoms with Gasteiger partial charge in [-0.25, -0.2) is 0 Å². The average molecular weight is 333 g/mol. The molecule has 16 heavy (non-hydrogen) atoms. The summed E-state index contributed by atoms with van der Waals surface area (Å²) in [4.78, 5) is 22.2. The fourth-order valence-corrected chi connectivity index (χ4v) is 0.947. The van der Waals surface area contributed by atoms with Gasteiger partial charge in [0.2, 0.25) is 10.0 Å². The fraction of sp³-hybridized carbons (Fsp3) is 0.273. The summed E-state index contributed by atoms with van der Waals surface area (Å²) in [7, 11) is 0. The van der Waals surface area contributed by atoms with Gasteiger partial charge in [-0.15, -0.1) is 6.42 Å². The van der Waals surface area contributed by atoms with Crippen LogP contribution in [-0.2, 0) is 14.3 Å². The SMILES string of the molecule is C#CC(I)OC(=O)CNC(=O)C=CC=CC. The molecule has 1 atom stereocenters. The van der Waals surface area contributed by atoms with Gasteiger partial charge in [0, 0.05) is 6.08 Å². The zero-order chi connectivity index (χ0) is 12.4. The number of halogens is 1. The van der Waals surface area contributed by atoms with Gasteiger partial charge in [-0.05, 0) is 29.5 Å². The predicted octanol–water partition coefficient (Wildman–Crippen LogP) is 1.17. The monoisotopic (exact) mass is 333 g/mol. The molecule has 86 valence electrons. The number of nitrogens with one attached hydrogen (secondary N) is 1. The largest absolute Gasteiger partial charge is 0.438 e. The normalized spacial score (nSPS) is 12.3. The van der Waals surface area contributed by atoms with Crippen molar-refractivity contribution in [1.29, 1.82) is 0 Å². The average Bonchev–Trinajstić information content (AvgIpc) is 2.26. The first kappa shape index (κ1) is 14.7. The lowest BCUT2D eigenvalue weighted by atomic mass is 10.4. The van der Waals surface area contributed by atoms with Crippen molar-refractivity contribution in [2.75, 3.05) is 6.54 Å². The predicted molar refractivity (Wildman–Crippen MR) is 69.7 cm³/mol. The van der Waals surface area contributed by atoms with Crippen LogP contribution in [-0.4, -0.2) is 22.5 Å². The molecule has 4 nitrogen and oxygen atoms in total. The van der Waals surface area contributed by atoms with Gasteiger partial charge in [0.25, 0.3) is 0 Å². The molecule has 1 amide bonds. The Balaban J connectivity index is 3.85. The van der Waals surface area contributed by atoms with Gasteiger partial charge in [0.05, 0.1) is 0 Å². The number of hydrogen-bond acceptors (Lipinski definition) is 3. The van der Waals surface area contributed by atoms with Crippen molar-refractivity contribution >= 4 is 34.5 Å². The highest BCUT2D eigenvalue weighted by molar-refractivity contribution is 14.1. The maximum atomic E-state index is 11.1. The summed E-state index contributed by atoms with van der Waals surface area (Å²) >= 11 is 1.79. The summed E-state index contributed by atoms with van der Waals surface area (Å²) in [5.41, 5.74) is 0. The summed E-state index contributed by atoms with van der Waals surface area (Å²) in [5.74, 6) is 1.31. The third kappa shape index (κ3) is 8.05. The molecule has 0 aliphatic carbocycles. The van der Waals surface area contributed by atoms with E-state index in [-0.39, 0.29) is 12.5 Å². The van der Waals surface area contributed by atoms with E-state index in [9.17, 15) is 9.59 Å². The van der Waals surface area contributed by atoms with Gasteiger partial charge in [-0.3, -0.25) is 9.59 Å². The number of allylic oxidation sites excluding steroid dienone is 3. The van der Waals surface area contributed by atoms with Gasteiger partial charge in [0.15, 0.2) is 0 Å². The number of alkyl halides is 1. The molecule has 1 unspecified atom stereocenters. The van der Waals surface area contributed by atoms with Crippen LogP contribution in [0.3, 0.4) is 0 Å². The molecule has 0 rings (SSSR count). The molecule has 0 aliphatic heterocycles. The van der Waals surface area contributed by atoms with Gasteiger partial charge in [-0.1, -0.05) is 24.1 Å². The molecule has 0 spiro atoms. The van der Waals surface area contributed by atoms with E-state index in [1.54, 1.807) is 40.8 Å². The zero-order valence-electron chi connectivity index (χ0n) is 8.77. The van der Waals surface area contributed by atoms with Crippen molar-refractivity contribution in [3.63, 3.8) is 0 Å². The van der Waals surface area contributed by atoms with Crippen molar-refractivity contribution in [1.82, 2.24) is 5.32 Å². The van der Waals surface area contributed by atoms with Gasteiger partial charge >= 0.3 is 5.97 Å². The molecule has 0 bridgehead atoms. The Kier molecular flexibility index (Phi) is 8.25. The van der Waals surface area contributed by atoms with Crippen molar-refractivity contribution in [3.05, 3.63) is 24.3 Å². The van der Waals surface area contributed by atoms with E-state index < -0.39 is 10.1 Å². The molecular formula is C11H12INO3. The van der Waals surface area contributed by atoms with Gasteiger partial charge in [0.1, 0.15) is 6.54 Å². The standard InChI is InChI=1S/C11H12INO3/c1-3-5-6-7-10(14)13-8-11(15)16-9(12)4-2/h2-3,5-7,9H,8H2,1H3,(H,13,14). The number of terminal acetylenes is 1. The lowest BCUT2D eigenvalue weighted by Crippen LogP contribution is -2.30. The van der Waals surface area contributed by atoms with Crippen LogP contribution >= 0.6 is 22.6 Å². The summed E-state index contributed by atoms with van der Waals surface area (Å²) in [6.07, 6.45) is 11.4. The van der Waals surface area contributed by atoms with E-state index >= 15 is 0 Å². The highest BCUT2D eigenvalue weighted by atomic mass is 127. The van der Waals surface area contributed by atoms with Crippen molar-refractivity contribution in [2.45, 2.75) is 11.0 Å². The van der Waals surface area contributed by atoms with E-state index in [1.807, 2.05) is 6.92 Å². The number of amides is 1. The second-order valence-corrected chi connectivity index (χ2v) is 3.71. The molecule has 0 radical (unpaired) electrons. The summed E-state index contributed by atoms with van der Waals surface area (Å²) in [6.45, 7) is 1.64. The molecular weight excluding hydrogens is 321 g/mol. The molecule has 0 fully saturated rings. The van der Waals surface area contributed by atoms with Crippen molar-refractivity contribution in [2.24, 2.45) is 0 Å². The van der Waals surface area contributed by atoms with Crippen LogP contribution in [0.1, 0.15) is 6.92 Å². The highest BCUT2D eigenvalue weighted by Gasteiger charge is 2.08. The Morgan fingerprint density at radius 1 is 1.56 bits per heavy atom. The summed E-state index contributed by atoms with van der Waals surface area (Å²) in [6, 6.07) is 0. The molecule has 0 heterocycles. The second kappa shape index (κ2) is 8.97. The van der Waals surface area contributed by atoms with E-state index in [0.29, 0.717) is 0 Å². The van der Waals surface area contributed by atoms with Crippen LogP contribution in [0.15, 0.2) is 24.3 Å². The van der Waals surface area contributed by atoms with E-state index in [4.69, 9.17) is 11.2 Å². The Morgan fingerprint density at radius 2 is 2.25 bits per heavy atom. The van der Waals surface area contributed by atoms with Crippen molar-refractivity contribution in [3.8, 4) is 12.3 Å². The lowest BCUT2D eigenvalue weighted by molar-refractivity contribution is -0.142. The minimum atomic E-state index is -0.611. The first-order valence-corrected chi connectivity index (χ1v) is 5.71. The van der Waals surface area contributed by atoms with Crippen LogP contribution in [0.25, 0.3) is 0 Å². The molecule has 0 aliphatic rings. The first-order chi connectivity index (χ1) is 7.60. The maximum Gasteiger partial charge on any atom is 0.327 e. The Bertz CT molecular complexity index is 342. The molecule has 0 saturated heterocycles. The number of ether oxygens (including phenoxy) is 1. The zero-order valence-corrected chi connectivity index (χ0v) is 10.9. The molecule has 5 heteroatoms. The van der Waals surface area contributed by atoms with Gasteiger partial charge in [-0.2, -0.15) is 0 Å². The second-order valence-electron chi connectivity index (χ2n) is 2.58. The molecule has 0 aromatic rings. The number of carbonyl (C=O) groups excluding carboxylic acids is 2. The molecule has 0 saturated carbocycles. The topological polar surface area (TPSA) is 55.4 Å². The Labute approximate surface area is 108 Å². The third-order valence-corrected chi connectivity index (χ3v) is 1.94. The first-order valence-electron chi connectivity index (χ1n) is 4.47. The highest BCUT2D eigenvalue weighted by Crippen LogP contribution is 1.99. The quantitative estimate of drug-likeness (QED) is 0.205. The summed E-state index contributed by atoms with van der Waals surface area (Å²) in [5, 5.41) is 2.36. The van der Waals surface area contributed by atoms with E-state index in [0.717, 1.165) is 0 Å². The molecule has 0 aromatic heterocycles. The Hall–Kier alpha value is -1.29. The minimum absolute atomic E-state index is 0.194. The van der Waals surface area contributed by atoms with Gasteiger partial charge < -0.3 is 10.1 Å². The Morgan fingerprint density at radius 3 is 2.81 bits per heavy atom. The van der Waals surface area contributed by atoms with Crippen LogP contribution in [0.4, 0.5) is 0 Å². The third-order valence-electron chi connectivity index (χ3n) is 1.32. The summed E-state index contributed by atoms with van der Waals surface area (Å²) < 4.78 is 4.12. The van der Waals surface area contributed by atoms with Crippen LogP contribution in [0.2, 0.25) is 0 Å². The van der Waals surface area contributed by atoms with E-state index in [2.05, 4.69) is 11.2 Å². The maximum absolute atomic E-state index is 11.1. The van der Waals surface area contributed by atoms with Crippen molar-refractivity contribution < 1.29 is 14.3 Å². The minimum Gasteiger partial charge on any atom is -0.438 e. The number of hydrogen-bond donors (Lipinski definition) is 1. The smallest absolute Gasteiger partial charge is 0.327 e. The lowest BCUT2D eigenvalue weighted by Gasteiger charge is -2.05. The number of rotatable bonds is 5. The van der Waals surface area contributed by atoms with Crippen LogP contribution in [0.5, 0.6) is 0 Å². The van der Waals surface area contributed by atoms with E-state index in [1.165, 1.54) is 6.08 Å². The number of carbonyl (C=O) groups is 2. The number of esters is 1. The molecule has 0 aromatic carbocycles. The molecule has 1 N–H and O–H groups in total. The van der Waals surface area contributed by atoms with Crippen LogP contribution < -0.4 is 5.32 Å².